The Kier molecular flexibility index (Phi) is 6.71. The Bertz CT molecular complexity index is 1440. The fourth-order valence-corrected chi connectivity index (χ4v) is 5.96. The van der Waals surface area contributed by atoms with Gasteiger partial charge in [0.2, 0.25) is 10.0 Å². The average molecular weight is 518 g/mol. The fourth-order valence-electron chi connectivity index (χ4n) is 3.77. The Labute approximate surface area is 205 Å². The number of halogens is 1. The van der Waals surface area contributed by atoms with Gasteiger partial charge in [0.25, 0.3) is 10.0 Å². The molecule has 0 saturated heterocycles. The summed E-state index contributed by atoms with van der Waals surface area (Å²) in [4.78, 5) is 0.102. The number of nitrogens with zero attached hydrogens (tertiary/aromatic N) is 2. The number of anilines is 1. The van der Waals surface area contributed by atoms with E-state index in [2.05, 4.69) is 9.82 Å². The highest BCUT2D eigenvalue weighted by Crippen LogP contribution is 2.38. The molecular weight excluding hydrogens is 494 g/mol. The third-order valence-electron chi connectivity index (χ3n) is 5.65. The summed E-state index contributed by atoms with van der Waals surface area (Å²) in [5.74, 6) is -0.0307. The van der Waals surface area contributed by atoms with E-state index in [1.807, 2.05) is 31.2 Å². The first-order valence-electron chi connectivity index (χ1n) is 10.6. The van der Waals surface area contributed by atoms with Crippen molar-refractivity contribution in [3.05, 3.63) is 94.5 Å². The van der Waals surface area contributed by atoms with Gasteiger partial charge in [0.15, 0.2) is 0 Å². The molecule has 1 atom stereocenters. The van der Waals surface area contributed by atoms with Crippen LogP contribution in [0.4, 0.5) is 5.69 Å². The standard InChI is InChI=1S/C24H24ClN3O4S2/c1-3-33(29,30)27-20-12-8-18(9-13-20)23-16-24(22-7-5-4-6-17(22)2)28(26-23)34(31,32)21-14-10-19(25)11-15-21/h4-15,24,27H,3,16H2,1-2H3/t24-/m1/s1. The molecule has 3 aromatic rings. The molecule has 3 aromatic carbocycles. The molecule has 0 bridgehead atoms. The summed E-state index contributed by atoms with van der Waals surface area (Å²) < 4.78 is 54.5. The number of hydrogen-bond acceptors (Lipinski definition) is 5. The minimum Gasteiger partial charge on any atom is -0.284 e. The van der Waals surface area contributed by atoms with Crippen LogP contribution in [-0.4, -0.2) is 32.7 Å². The number of hydrogen-bond donors (Lipinski definition) is 1. The Balaban J connectivity index is 1.73. The van der Waals surface area contributed by atoms with E-state index in [-0.39, 0.29) is 10.6 Å². The Morgan fingerprint density at radius 1 is 0.971 bits per heavy atom. The van der Waals surface area contributed by atoms with Gasteiger partial charge in [-0.1, -0.05) is 48.0 Å². The van der Waals surface area contributed by atoms with Crippen LogP contribution in [0.5, 0.6) is 0 Å². The summed E-state index contributed by atoms with van der Waals surface area (Å²) >= 11 is 5.95. The summed E-state index contributed by atoms with van der Waals surface area (Å²) in [5.41, 5.74) is 3.57. The molecule has 1 heterocycles. The molecule has 0 radical (unpaired) electrons. The van der Waals surface area contributed by atoms with E-state index in [0.717, 1.165) is 11.1 Å². The van der Waals surface area contributed by atoms with Gasteiger partial charge in [-0.3, -0.25) is 4.72 Å². The largest absolute Gasteiger partial charge is 0.284 e. The maximum absolute atomic E-state index is 13.6. The van der Waals surface area contributed by atoms with Gasteiger partial charge in [-0.15, -0.1) is 0 Å². The average Bonchev–Trinajstić information content (AvgIpc) is 3.26. The second kappa shape index (κ2) is 9.40. The van der Waals surface area contributed by atoms with Gasteiger partial charge in [0.1, 0.15) is 0 Å². The first-order valence-corrected chi connectivity index (χ1v) is 14.1. The quantitative estimate of drug-likeness (QED) is 0.479. The predicted molar refractivity (Wildman–Crippen MR) is 135 cm³/mol. The molecule has 10 heteroatoms. The molecule has 0 saturated carbocycles. The highest BCUT2D eigenvalue weighted by molar-refractivity contribution is 7.92. The summed E-state index contributed by atoms with van der Waals surface area (Å²) in [6.45, 7) is 3.50. The number of hydrazone groups is 1. The first-order chi connectivity index (χ1) is 16.1. The Hall–Kier alpha value is -2.88. The second-order valence-electron chi connectivity index (χ2n) is 7.94. The van der Waals surface area contributed by atoms with Crippen molar-refractivity contribution in [2.75, 3.05) is 10.5 Å². The summed E-state index contributed by atoms with van der Waals surface area (Å²) in [7, 11) is -7.34. The molecule has 0 amide bonds. The molecule has 34 heavy (non-hydrogen) atoms. The van der Waals surface area contributed by atoms with E-state index in [9.17, 15) is 16.8 Å². The van der Waals surface area contributed by atoms with Crippen LogP contribution in [0.2, 0.25) is 5.02 Å². The molecule has 178 valence electrons. The van der Waals surface area contributed by atoms with Gasteiger partial charge in [0.05, 0.1) is 22.4 Å². The highest BCUT2D eigenvalue weighted by Gasteiger charge is 2.38. The normalized spacial score (nSPS) is 16.4. The van der Waals surface area contributed by atoms with Crippen molar-refractivity contribution < 1.29 is 16.8 Å². The third kappa shape index (κ3) is 4.96. The lowest BCUT2D eigenvalue weighted by molar-refractivity contribution is 0.370. The third-order valence-corrected chi connectivity index (χ3v) is 8.90. The van der Waals surface area contributed by atoms with Crippen molar-refractivity contribution in [3.63, 3.8) is 0 Å². The van der Waals surface area contributed by atoms with Crippen LogP contribution in [0.15, 0.2) is 82.8 Å². The highest BCUT2D eigenvalue weighted by atomic mass is 35.5. The van der Waals surface area contributed by atoms with Crippen LogP contribution < -0.4 is 4.72 Å². The second-order valence-corrected chi connectivity index (χ2v) is 12.2. The number of benzene rings is 3. The summed E-state index contributed by atoms with van der Waals surface area (Å²) in [5, 5.41) is 4.98. The SMILES string of the molecule is CCS(=O)(=O)Nc1ccc(C2=NN(S(=O)(=O)c3ccc(Cl)cc3)[C@@H](c3ccccc3C)C2)cc1. The number of sulfonamides is 2. The fraction of sp³-hybridized carbons (Fsp3) is 0.208. The van der Waals surface area contributed by atoms with Crippen LogP contribution in [0.3, 0.4) is 0 Å². The number of aryl methyl sites for hydroxylation is 1. The van der Waals surface area contributed by atoms with E-state index >= 15 is 0 Å². The minimum absolute atomic E-state index is 0.0307. The zero-order valence-electron chi connectivity index (χ0n) is 18.6. The Morgan fingerprint density at radius 2 is 1.62 bits per heavy atom. The number of rotatable bonds is 7. The van der Waals surface area contributed by atoms with Gasteiger partial charge in [-0.05, 0) is 66.9 Å². The first kappa shape index (κ1) is 24.3. The van der Waals surface area contributed by atoms with Crippen molar-refractivity contribution in [2.24, 2.45) is 5.10 Å². The molecular formula is C24H24ClN3O4S2. The zero-order valence-corrected chi connectivity index (χ0v) is 21.0. The molecule has 4 rings (SSSR count). The summed E-state index contributed by atoms with van der Waals surface area (Å²) in [6, 6.07) is 19.9. The minimum atomic E-state index is -3.95. The topological polar surface area (TPSA) is 95.9 Å². The van der Waals surface area contributed by atoms with Gasteiger partial charge in [0, 0.05) is 17.1 Å². The molecule has 0 aromatic heterocycles. The van der Waals surface area contributed by atoms with E-state index in [4.69, 9.17) is 11.6 Å². The van der Waals surface area contributed by atoms with E-state index in [1.54, 1.807) is 31.2 Å². The zero-order chi connectivity index (χ0) is 24.5. The molecule has 0 spiro atoms. The maximum Gasteiger partial charge on any atom is 0.279 e. The van der Waals surface area contributed by atoms with Crippen molar-refractivity contribution in [2.45, 2.75) is 31.2 Å². The van der Waals surface area contributed by atoms with E-state index in [1.165, 1.54) is 28.7 Å². The lowest BCUT2D eigenvalue weighted by atomic mass is 9.96. The molecule has 0 aliphatic carbocycles. The lowest BCUT2D eigenvalue weighted by Gasteiger charge is -2.24. The van der Waals surface area contributed by atoms with Crippen LogP contribution in [0, 0.1) is 6.92 Å². The predicted octanol–water partition coefficient (Wildman–Crippen LogP) is 4.95. The Morgan fingerprint density at radius 3 is 2.24 bits per heavy atom. The lowest BCUT2D eigenvalue weighted by Crippen LogP contribution is -2.27. The van der Waals surface area contributed by atoms with Gasteiger partial charge < -0.3 is 0 Å². The van der Waals surface area contributed by atoms with Crippen molar-refractivity contribution in [3.8, 4) is 0 Å². The van der Waals surface area contributed by atoms with Gasteiger partial charge in [-0.25, -0.2) is 8.42 Å². The van der Waals surface area contributed by atoms with Crippen LogP contribution in [0.25, 0.3) is 0 Å². The molecule has 0 unspecified atom stereocenters. The van der Waals surface area contributed by atoms with Crippen LogP contribution in [0.1, 0.15) is 36.1 Å². The van der Waals surface area contributed by atoms with Crippen LogP contribution in [-0.2, 0) is 20.0 Å². The van der Waals surface area contributed by atoms with Crippen molar-refractivity contribution in [1.82, 2.24) is 4.41 Å². The number of nitrogens with one attached hydrogen (secondary N) is 1. The van der Waals surface area contributed by atoms with Gasteiger partial charge in [-0.2, -0.15) is 17.9 Å². The van der Waals surface area contributed by atoms with Crippen LogP contribution >= 0.6 is 11.6 Å². The molecule has 0 fully saturated rings. The summed E-state index contributed by atoms with van der Waals surface area (Å²) in [6.07, 6.45) is 0.373. The monoisotopic (exact) mass is 517 g/mol. The van der Waals surface area contributed by atoms with Crippen molar-refractivity contribution >= 4 is 43.0 Å². The van der Waals surface area contributed by atoms with Crippen molar-refractivity contribution in [1.29, 1.82) is 0 Å². The molecule has 1 aliphatic heterocycles. The molecule has 7 nitrogen and oxygen atoms in total. The van der Waals surface area contributed by atoms with E-state index < -0.39 is 26.1 Å². The van der Waals surface area contributed by atoms with Gasteiger partial charge >= 0.3 is 0 Å². The van der Waals surface area contributed by atoms with E-state index in [0.29, 0.717) is 28.4 Å². The molecule has 1 N–H and O–H groups in total. The smallest absolute Gasteiger partial charge is 0.279 e. The molecule has 1 aliphatic rings. The maximum atomic E-state index is 13.6.